The highest BCUT2D eigenvalue weighted by Gasteiger charge is 1.67. The number of hydrogen-bond donors (Lipinski definition) is 0. The second-order valence-corrected chi connectivity index (χ2v) is 0.677. The van der Waals surface area contributed by atoms with Crippen LogP contribution in [0.15, 0.2) is 0 Å². The molecule has 1 nitrogen and oxygen atoms in total. The van der Waals surface area contributed by atoms with Gasteiger partial charge in [-0.1, -0.05) is 0 Å². The van der Waals surface area contributed by atoms with Crippen LogP contribution in [-0.2, 0) is 4.79 Å². The van der Waals surface area contributed by atoms with Crippen LogP contribution in [0.25, 0.3) is 0 Å². The van der Waals surface area contributed by atoms with Crippen LogP contribution in [0.2, 0.25) is 0 Å². The Bertz CT molecular complexity index is 62.6. The maximum atomic E-state index is 9.53. The molecule has 0 fully saturated rings. The van der Waals surface area contributed by atoms with Crippen molar-refractivity contribution >= 4 is 16.8 Å². The van der Waals surface area contributed by atoms with Crippen LogP contribution in [-0.4, -0.2) is 5.24 Å². The van der Waals surface area contributed by atoms with Gasteiger partial charge in [-0.3, -0.25) is 4.79 Å². The Morgan fingerprint density at radius 1 is 2.50 bits per heavy atom. The maximum absolute atomic E-state index is 9.53. The van der Waals surface area contributed by atoms with Crippen LogP contribution in [0.3, 0.4) is 0 Å². The quantitative estimate of drug-likeness (QED) is 0.312. The molecule has 0 heterocycles. The monoisotopic (exact) mass is 82.0 g/mol. The van der Waals surface area contributed by atoms with Gasteiger partial charge in [0.15, 0.2) is 0 Å². The summed E-state index contributed by atoms with van der Waals surface area (Å²) in [6.07, 6.45) is 0. The van der Waals surface area contributed by atoms with Gasteiger partial charge in [0.1, 0.15) is 0 Å². The minimum absolute atomic E-state index is 0.935. The van der Waals surface area contributed by atoms with E-state index in [1.807, 2.05) is 0 Å². The predicted molar refractivity (Wildman–Crippen MR) is 16.5 cm³/mol. The SMILES string of the molecule is [2H][13CH]([2H])[13C](=O)Cl. The second kappa shape index (κ2) is 1.30. The van der Waals surface area contributed by atoms with Gasteiger partial charge >= 0.3 is 0 Å². The Labute approximate surface area is 32.4 Å². The van der Waals surface area contributed by atoms with Gasteiger partial charge < -0.3 is 0 Å². The number of halogens is 1. The molecule has 0 spiro atoms. The lowest BCUT2D eigenvalue weighted by Crippen LogP contribution is -1.62. The molecular weight excluding hydrogens is 77.5 g/mol. The third-order valence-corrected chi connectivity index (χ3v) is 0. The van der Waals surface area contributed by atoms with Crippen molar-refractivity contribution in [2.45, 2.75) is 6.88 Å². The fourth-order valence-electron chi connectivity index (χ4n) is 0. The number of carbonyl (C=O) groups excluding carboxylic acids is 1. The molecule has 0 atom stereocenters. The minimum Gasteiger partial charge on any atom is -0.282 e. The van der Waals surface area contributed by atoms with Gasteiger partial charge in [-0.15, -0.1) is 0 Å². The van der Waals surface area contributed by atoms with E-state index >= 15 is 0 Å². The average molecular weight is 82.5 g/mol. The molecule has 0 aliphatic heterocycles. The van der Waals surface area contributed by atoms with Crippen LogP contribution < -0.4 is 0 Å². The molecule has 4 heavy (non-hydrogen) atoms. The molecule has 0 aliphatic carbocycles. The van der Waals surface area contributed by atoms with Crippen LogP contribution in [0.5, 0.6) is 0 Å². The minimum atomic E-state index is -1.52. The molecule has 0 aliphatic rings. The van der Waals surface area contributed by atoms with E-state index in [0.29, 0.717) is 0 Å². The fourth-order valence-corrected chi connectivity index (χ4v) is 0. The molecule has 0 radical (unpaired) electrons. The van der Waals surface area contributed by atoms with E-state index < -0.39 is 12.1 Å². The van der Waals surface area contributed by atoms with Gasteiger partial charge in [0.05, 0.1) is 0 Å². The lowest BCUT2D eigenvalue weighted by molar-refractivity contribution is -0.109. The van der Waals surface area contributed by atoms with Crippen molar-refractivity contribution in [1.82, 2.24) is 0 Å². The van der Waals surface area contributed by atoms with Gasteiger partial charge in [-0.2, -0.15) is 0 Å². The predicted octanol–water partition coefficient (Wildman–Crippen LogP) is 0.772. The first-order valence-corrected chi connectivity index (χ1v) is 1.06. The zero-order chi connectivity index (χ0) is 5.15. The molecule has 0 aromatic heterocycles. The Morgan fingerprint density at radius 2 is 2.75 bits per heavy atom. The van der Waals surface area contributed by atoms with E-state index in [4.69, 9.17) is 2.74 Å². The van der Waals surface area contributed by atoms with Gasteiger partial charge in [-0.25, -0.2) is 0 Å². The summed E-state index contributed by atoms with van der Waals surface area (Å²) in [5, 5.41) is -0.935. The molecule has 0 bridgehead atoms. The third-order valence-electron chi connectivity index (χ3n) is 0. The molecule has 0 unspecified atom stereocenters. The summed E-state index contributed by atoms with van der Waals surface area (Å²) in [6.45, 7) is -1.52. The average Bonchev–Trinajstić information content (AvgIpc) is 1.36. The third kappa shape index (κ3) is 1130. The summed E-state index contributed by atoms with van der Waals surface area (Å²) in [5.74, 6) is 0. The Balaban J connectivity index is 3.26. The Hall–Kier alpha value is -0.0400. The highest BCUT2D eigenvalue weighted by atomic mass is 35.5. The van der Waals surface area contributed by atoms with Crippen LogP contribution in [0.4, 0.5) is 0 Å². The lowest BCUT2D eigenvalue weighted by Gasteiger charge is -1.52. The molecule has 0 saturated heterocycles. The normalized spacial score (nSPS) is 14.5. The van der Waals surface area contributed by atoms with Crippen molar-refractivity contribution in [1.29, 1.82) is 0 Å². The maximum Gasteiger partial charge on any atom is 0.218 e. The Kier molecular flexibility index (Phi) is 0.458. The van der Waals surface area contributed by atoms with E-state index in [0.717, 1.165) is 0 Å². The smallest absolute Gasteiger partial charge is 0.218 e. The van der Waals surface area contributed by atoms with Crippen LogP contribution >= 0.6 is 11.6 Å². The van der Waals surface area contributed by atoms with Crippen molar-refractivity contribution in [3.63, 3.8) is 0 Å². The number of rotatable bonds is 0. The number of hydrogen-bond acceptors (Lipinski definition) is 1. The van der Waals surface area contributed by atoms with Crippen molar-refractivity contribution in [2.24, 2.45) is 0 Å². The summed E-state index contributed by atoms with van der Waals surface area (Å²) in [6, 6.07) is 0. The molecule has 0 saturated carbocycles. The molecule has 0 aromatic rings. The zero-order valence-corrected chi connectivity index (χ0v) is 2.62. The zero-order valence-electron chi connectivity index (χ0n) is 3.86. The van der Waals surface area contributed by atoms with Gasteiger partial charge in [0, 0.05) is 9.62 Å². The second-order valence-electron chi connectivity index (χ2n) is 0.304. The van der Waals surface area contributed by atoms with E-state index in [1.54, 1.807) is 0 Å². The first-order chi connectivity index (χ1) is 2.64. The molecule has 0 aromatic carbocycles. The molecular formula is C2H3ClO. The first-order valence-electron chi connectivity index (χ1n) is 1.84. The van der Waals surface area contributed by atoms with Crippen molar-refractivity contribution < 1.29 is 7.54 Å². The van der Waals surface area contributed by atoms with Crippen molar-refractivity contribution in [2.75, 3.05) is 0 Å². The summed E-state index contributed by atoms with van der Waals surface area (Å²) in [5.41, 5.74) is 0. The highest BCUT2D eigenvalue weighted by molar-refractivity contribution is 6.62. The van der Waals surface area contributed by atoms with E-state index in [1.165, 1.54) is 0 Å². The molecule has 0 amide bonds. The van der Waals surface area contributed by atoms with Crippen LogP contribution in [0, 0.1) is 0 Å². The van der Waals surface area contributed by atoms with Gasteiger partial charge in [0.2, 0.25) is 5.24 Å². The molecule has 0 N–H and O–H groups in total. The fraction of sp³-hybridized carbons (Fsp3) is 0.500. The summed E-state index contributed by atoms with van der Waals surface area (Å²) < 4.78 is 12.4. The van der Waals surface area contributed by atoms with Gasteiger partial charge in [0.25, 0.3) is 0 Å². The van der Waals surface area contributed by atoms with Crippen molar-refractivity contribution in [3.8, 4) is 0 Å². The summed E-state index contributed by atoms with van der Waals surface area (Å²) in [7, 11) is 0. The van der Waals surface area contributed by atoms with Crippen molar-refractivity contribution in [3.05, 3.63) is 0 Å². The van der Waals surface area contributed by atoms with Crippen LogP contribution in [0.1, 0.15) is 9.62 Å². The number of carbonyl (C=O) groups is 1. The standard InChI is InChI=1S/C2H3ClO/c1-2(3)4/h1H3/i1+1D2,2+1. The van der Waals surface area contributed by atoms with Gasteiger partial charge in [-0.05, 0) is 11.6 Å². The summed E-state index contributed by atoms with van der Waals surface area (Å²) >= 11 is 4.60. The lowest BCUT2D eigenvalue weighted by atomic mass is 11.9. The first kappa shape index (κ1) is 1.41. The molecule has 2 heteroatoms. The largest absolute Gasteiger partial charge is 0.282 e. The van der Waals surface area contributed by atoms with E-state index in [9.17, 15) is 4.79 Å². The van der Waals surface area contributed by atoms with E-state index in [-0.39, 0.29) is 0 Å². The highest BCUT2D eigenvalue weighted by Crippen LogP contribution is 1.67. The van der Waals surface area contributed by atoms with E-state index in [2.05, 4.69) is 11.6 Å². The molecule has 24 valence electrons. The Morgan fingerprint density at radius 3 is 2.75 bits per heavy atom. The molecule has 0 rings (SSSR count). The topological polar surface area (TPSA) is 17.1 Å². The summed E-state index contributed by atoms with van der Waals surface area (Å²) in [4.78, 5) is 9.53.